The van der Waals surface area contributed by atoms with Crippen LogP contribution in [0.3, 0.4) is 0 Å². The first kappa shape index (κ1) is 19.8. The van der Waals surface area contributed by atoms with Gasteiger partial charge in [0, 0.05) is 25.5 Å². The van der Waals surface area contributed by atoms with Gasteiger partial charge in [0.25, 0.3) is 0 Å². The summed E-state index contributed by atoms with van der Waals surface area (Å²) in [5.41, 5.74) is 5.04. The van der Waals surface area contributed by atoms with Gasteiger partial charge < -0.3 is 14.8 Å². The number of hydrogen-bond donors (Lipinski definition) is 2. The van der Waals surface area contributed by atoms with Crippen LogP contribution in [-0.2, 0) is 13.1 Å². The number of piperidine rings is 1. The highest BCUT2D eigenvalue weighted by atomic mass is 16.3. The molecule has 1 atom stereocenters. The SMILES string of the molecule is OCC(O)C1CCN(Cc2cccc(-c3ccc(Cn4ccnc4)cc3)c2)CC1. The highest BCUT2D eigenvalue weighted by Gasteiger charge is 2.24. The Bertz CT molecular complexity index is 885. The standard InChI is InChI=1S/C24H29N3O2/c28-17-24(29)22-8-11-26(12-9-22)16-20-2-1-3-23(14-20)21-6-4-19(5-7-21)15-27-13-10-25-18-27/h1-7,10,13-14,18,22,24,28-29H,8-9,11-12,15-17H2. The molecule has 0 radical (unpaired) electrons. The molecule has 0 saturated carbocycles. The van der Waals surface area contributed by atoms with Crippen molar-refractivity contribution < 1.29 is 10.2 Å². The van der Waals surface area contributed by atoms with Crippen molar-refractivity contribution >= 4 is 0 Å². The van der Waals surface area contributed by atoms with Gasteiger partial charge in [0.1, 0.15) is 0 Å². The summed E-state index contributed by atoms with van der Waals surface area (Å²) in [4.78, 5) is 6.53. The van der Waals surface area contributed by atoms with Gasteiger partial charge in [-0.1, -0.05) is 42.5 Å². The molecule has 4 rings (SSSR count). The van der Waals surface area contributed by atoms with E-state index in [1.165, 1.54) is 22.3 Å². The molecule has 1 unspecified atom stereocenters. The Kier molecular flexibility index (Phi) is 6.39. The minimum absolute atomic E-state index is 0.131. The van der Waals surface area contributed by atoms with Crippen molar-refractivity contribution in [2.75, 3.05) is 19.7 Å². The summed E-state index contributed by atoms with van der Waals surface area (Å²) in [7, 11) is 0. The van der Waals surface area contributed by atoms with Crippen LogP contribution in [0.25, 0.3) is 11.1 Å². The smallest absolute Gasteiger partial charge is 0.0949 e. The third-order valence-corrected chi connectivity index (χ3v) is 5.91. The maximum Gasteiger partial charge on any atom is 0.0949 e. The molecule has 5 nitrogen and oxygen atoms in total. The van der Waals surface area contributed by atoms with Crippen LogP contribution in [0.4, 0.5) is 0 Å². The average molecular weight is 392 g/mol. The van der Waals surface area contributed by atoms with Crippen molar-refractivity contribution in [3.8, 4) is 11.1 Å². The van der Waals surface area contributed by atoms with E-state index in [0.29, 0.717) is 0 Å². The Hall–Kier alpha value is -2.47. The van der Waals surface area contributed by atoms with E-state index >= 15 is 0 Å². The number of rotatable bonds is 7. The molecule has 1 aliphatic heterocycles. The molecule has 1 saturated heterocycles. The molecule has 0 bridgehead atoms. The number of nitrogens with zero attached hydrogens (tertiary/aromatic N) is 3. The van der Waals surface area contributed by atoms with E-state index in [1.807, 2.05) is 12.5 Å². The minimum Gasteiger partial charge on any atom is -0.394 e. The van der Waals surface area contributed by atoms with Gasteiger partial charge >= 0.3 is 0 Å². The topological polar surface area (TPSA) is 61.5 Å². The quantitative estimate of drug-likeness (QED) is 0.649. The van der Waals surface area contributed by atoms with E-state index in [9.17, 15) is 5.11 Å². The van der Waals surface area contributed by atoms with Crippen LogP contribution >= 0.6 is 0 Å². The zero-order valence-corrected chi connectivity index (χ0v) is 16.7. The lowest BCUT2D eigenvalue weighted by atomic mass is 9.91. The van der Waals surface area contributed by atoms with Crippen molar-refractivity contribution in [1.29, 1.82) is 0 Å². The highest BCUT2D eigenvalue weighted by Crippen LogP contribution is 2.25. The second-order valence-corrected chi connectivity index (χ2v) is 8.00. The maximum absolute atomic E-state index is 9.84. The van der Waals surface area contributed by atoms with Gasteiger partial charge in [-0.2, -0.15) is 0 Å². The summed E-state index contributed by atoms with van der Waals surface area (Å²) in [6.07, 6.45) is 6.93. The van der Waals surface area contributed by atoms with Crippen LogP contribution in [0.1, 0.15) is 24.0 Å². The first-order valence-corrected chi connectivity index (χ1v) is 10.4. The summed E-state index contributed by atoms with van der Waals surface area (Å²) in [6, 6.07) is 17.5. The molecule has 0 amide bonds. The van der Waals surface area contributed by atoms with Crippen LogP contribution in [0.2, 0.25) is 0 Å². The lowest BCUT2D eigenvalue weighted by Crippen LogP contribution is -2.38. The van der Waals surface area contributed by atoms with Gasteiger partial charge in [0.15, 0.2) is 0 Å². The average Bonchev–Trinajstić information content (AvgIpc) is 3.27. The van der Waals surface area contributed by atoms with Crippen molar-refractivity contribution in [1.82, 2.24) is 14.5 Å². The number of hydrogen-bond acceptors (Lipinski definition) is 4. The molecule has 1 aromatic heterocycles. The van der Waals surface area contributed by atoms with Crippen LogP contribution in [0.15, 0.2) is 67.3 Å². The number of aliphatic hydroxyl groups is 2. The van der Waals surface area contributed by atoms with E-state index in [2.05, 4.69) is 63.0 Å². The number of likely N-dealkylation sites (tertiary alicyclic amines) is 1. The van der Waals surface area contributed by atoms with E-state index < -0.39 is 6.10 Å². The fourth-order valence-electron chi connectivity index (χ4n) is 4.15. The summed E-state index contributed by atoms with van der Waals surface area (Å²) < 4.78 is 2.07. The van der Waals surface area contributed by atoms with Gasteiger partial charge in [-0.25, -0.2) is 4.98 Å². The molecule has 2 aromatic carbocycles. The summed E-state index contributed by atoms with van der Waals surface area (Å²) in [5, 5.41) is 19.0. The van der Waals surface area contributed by atoms with Crippen LogP contribution in [0.5, 0.6) is 0 Å². The van der Waals surface area contributed by atoms with Crippen molar-refractivity contribution in [2.24, 2.45) is 5.92 Å². The predicted octanol–water partition coefficient (Wildman–Crippen LogP) is 3.16. The minimum atomic E-state index is -0.572. The van der Waals surface area contributed by atoms with E-state index in [1.54, 1.807) is 6.20 Å². The zero-order chi connectivity index (χ0) is 20.1. The highest BCUT2D eigenvalue weighted by molar-refractivity contribution is 5.64. The molecular weight excluding hydrogens is 362 g/mol. The molecule has 2 N–H and O–H groups in total. The van der Waals surface area contributed by atoms with Gasteiger partial charge in [-0.05, 0) is 60.2 Å². The maximum atomic E-state index is 9.84. The van der Waals surface area contributed by atoms with Crippen molar-refractivity contribution in [3.05, 3.63) is 78.4 Å². The predicted molar refractivity (Wildman–Crippen MR) is 114 cm³/mol. The number of aliphatic hydroxyl groups excluding tert-OH is 2. The largest absolute Gasteiger partial charge is 0.394 e. The van der Waals surface area contributed by atoms with Crippen LogP contribution in [0, 0.1) is 5.92 Å². The molecule has 1 fully saturated rings. The van der Waals surface area contributed by atoms with Crippen molar-refractivity contribution in [2.45, 2.75) is 32.0 Å². The van der Waals surface area contributed by atoms with Crippen LogP contribution < -0.4 is 0 Å². The van der Waals surface area contributed by atoms with Gasteiger partial charge in [-0.3, -0.25) is 4.90 Å². The number of imidazole rings is 1. The van der Waals surface area contributed by atoms with Gasteiger partial charge in [-0.15, -0.1) is 0 Å². The summed E-state index contributed by atoms with van der Waals surface area (Å²) >= 11 is 0. The Morgan fingerprint density at radius 2 is 1.76 bits per heavy atom. The monoisotopic (exact) mass is 391 g/mol. The first-order chi connectivity index (χ1) is 14.2. The summed E-state index contributed by atoms with van der Waals surface area (Å²) in [5.74, 6) is 0.225. The molecule has 0 aliphatic carbocycles. The molecule has 5 heteroatoms. The van der Waals surface area contributed by atoms with E-state index in [-0.39, 0.29) is 12.5 Å². The molecular formula is C24H29N3O2. The third kappa shape index (κ3) is 5.12. The second kappa shape index (κ2) is 9.35. The lowest BCUT2D eigenvalue weighted by molar-refractivity contribution is 0.0172. The lowest BCUT2D eigenvalue weighted by Gasteiger charge is -2.33. The zero-order valence-electron chi connectivity index (χ0n) is 16.7. The Morgan fingerprint density at radius 1 is 0.966 bits per heavy atom. The molecule has 3 aromatic rings. The second-order valence-electron chi connectivity index (χ2n) is 8.00. The normalized spacial score (nSPS) is 16.8. The van der Waals surface area contributed by atoms with E-state index in [0.717, 1.165) is 39.0 Å². The number of aromatic nitrogens is 2. The Morgan fingerprint density at radius 3 is 2.45 bits per heavy atom. The molecule has 152 valence electrons. The van der Waals surface area contributed by atoms with Gasteiger partial charge in [0.05, 0.1) is 19.0 Å². The van der Waals surface area contributed by atoms with Crippen molar-refractivity contribution in [3.63, 3.8) is 0 Å². The molecule has 29 heavy (non-hydrogen) atoms. The Balaban J connectivity index is 1.37. The fraction of sp³-hybridized carbons (Fsp3) is 0.375. The summed E-state index contributed by atoms with van der Waals surface area (Å²) in [6.45, 7) is 3.56. The van der Waals surface area contributed by atoms with E-state index in [4.69, 9.17) is 5.11 Å². The molecule has 0 spiro atoms. The molecule has 1 aliphatic rings. The Labute approximate surface area is 172 Å². The van der Waals surface area contributed by atoms with Crippen LogP contribution in [-0.4, -0.2) is 50.5 Å². The number of benzene rings is 2. The molecule has 2 heterocycles. The fourth-order valence-corrected chi connectivity index (χ4v) is 4.15. The first-order valence-electron chi connectivity index (χ1n) is 10.4. The third-order valence-electron chi connectivity index (χ3n) is 5.91. The van der Waals surface area contributed by atoms with Gasteiger partial charge in [0.2, 0.25) is 0 Å².